The zero-order valence-electron chi connectivity index (χ0n) is 14.5. The number of nitrogens with zero attached hydrogens (tertiary/aromatic N) is 2. The average Bonchev–Trinajstić information content (AvgIpc) is 3.11. The number of rotatable bonds is 6. The lowest BCUT2D eigenvalue weighted by molar-refractivity contribution is -0.384. The fraction of sp³-hybridized carbons (Fsp3) is 0.111. The number of nitro groups is 1. The van der Waals surface area contributed by atoms with Gasteiger partial charge >= 0.3 is 5.97 Å². The van der Waals surface area contributed by atoms with Gasteiger partial charge in [-0.25, -0.2) is 4.79 Å². The van der Waals surface area contributed by atoms with Gasteiger partial charge in [-0.15, -0.1) is 0 Å². The summed E-state index contributed by atoms with van der Waals surface area (Å²) in [4.78, 5) is 21.9. The van der Waals surface area contributed by atoms with E-state index in [1.807, 2.05) is 0 Å². The van der Waals surface area contributed by atoms with E-state index in [0.717, 1.165) is 6.07 Å². The van der Waals surface area contributed by atoms with Gasteiger partial charge in [0, 0.05) is 30.3 Å². The summed E-state index contributed by atoms with van der Waals surface area (Å²) < 4.78 is 15.6. The molecule has 0 bridgehead atoms. The molecule has 0 saturated carbocycles. The van der Waals surface area contributed by atoms with Crippen LogP contribution < -0.4 is 4.74 Å². The van der Waals surface area contributed by atoms with E-state index in [2.05, 4.69) is 5.16 Å². The third kappa shape index (κ3) is 3.85. The number of carbonyl (C=O) groups excluding carboxylic acids is 1. The molecule has 0 spiro atoms. The second kappa shape index (κ2) is 7.66. The summed E-state index contributed by atoms with van der Waals surface area (Å²) in [5.41, 5.74) is -0.203. The molecule has 0 fully saturated rings. The first-order chi connectivity index (χ1) is 13.4. The number of carbonyl (C=O) groups is 1. The molecule has 3 rings (SSSR count). The summed E-state index contributed by atoms with van der Waals surface area (Å²) in [6.07, 6.45) is 0. The van der Waals surface area contributed by atoms with E-state index >= 15 is 0 Å². The minimum absolute atomic E-state index is 0.00235. The molecule has 2 N–H and O–H groups in total. The molecular weight excluding hydrogens is 372 g/mol. The van der Waals surface area contributed by atoms with Crippen LogP contribution in [0.3, 0.4) is 0 Å². The van der Waals surface area contributed by atoms with Gasteiger partial charge in [0.1, 0.15) is 28.6 Å². The lowest BCUT2D eigenvalue weighted by atomic mass is 10.1. The Bertz CT molecular complexity index is 1030. The molecule has 144 valence electrons. The van der Waals surface area contributed by atoms with Crippen molar-refractivity contribution in [2.45, 2.75) is 6.92 Å². The number of benzene rings is 2. The lowest BCUT2D eigenvalue weighted by Gasteiger charge is -2.11. The molecule has 3 aromatic rings. The molecule has 0 radical (unpaired) electrons. The molecule has 0 unspecified atom stereocenters. The van der Waals surface area contributed by atoms with Crippen LogP contribution in [0, 0.1) is 10.1 Å². The van der Waals surface area contributed by atoms with E-state index in [0.29, 0.717) is 0 Å². The Balaban J connectivity index is 1.98. The molecule has 10 nitrogen and oxygen atoms in total. The minimum Gasteiger partial charge on any atom is -0.508 e. The molecule has 0 aliphatic rings. The summed E-state index contributed by atoms with van der Waals surface area (Å²) in [5.74, 6) is -1.18. The molecule has 0 amide bonds. The van der Waals surface area contributed by atoms with Crippen LogP contribution in [-0.4, -0.2) is 32.9 Å². The molecule has 0 atom stereocenters. The summed E-state index contributed by atoms with van der Waals surface area (Å²) in [6, 6.07) is 8.72. The normalized spacial score (nSPS) is 10.5. The van der Waals surface area contributed by atoms with Crippen LogP contribution in [0.2, 0.25) is 0 Å². The van der Waals surface area contributed by atoms with Crippen LogP contribution >= 0.6 is 0 Å². The number of phenolic OH excluding ortho intramolecular Hbond substituents is 2. The van der Waals surface area contributed by atoms with Crippen LogP contribution in [0.5, 0.6) is 23.0 Å². The van der Waals surface area contributed by atoms with Crippen molar-refractivity contribution in [1.82, 2.24) is 5.16 Å². The van der Waals surface area contributed by atoms with E-state index in [9.17, 15) is 25.1 Å². The van der Waals surface area contributed by atoms with Crippen LogP contribution in [0.15, 0.2) is 47.0 Å². The number of hydrogen-bond donors (Lipinski definition) is 2. The predicted octanol–water partition coefficient (Wildman–Crippen LogP) is 3.63. The Kier molecular flexibility index (Phi) is 5.12. The fourth-order valence-corrected chi connectivity index (χ4v) is 2.37. The topological polar surface area (TPSA) is 145 Å². The van der Waals surface area contributed by atoms with E-state index in [-0.39, 0.29) is 52.3 Å². The lowest BCUT2D eigenvalue weighted by Crippen LogP contribution is -2.04. The maximum Gasteiger partial charge on any atom is 0.360 e. The molecule has 0 aliphatic heterocycles. The first kappa shape index (κ1) is 18.7. The van der Waals surface area contributed by atoms with Gasteiger partial charge in [0.2, 0.25) is 0 Å². The predicted molar refractivity (Wildman–Crippen MR) is 94.4 cm³/mol. The van der Waals surface area contributed by atoms with Crippen molar-refractivity contribution in [1.29, 1.82) is 0 Å². The van der Waals surface area contributed by atoms with Crippen LogP contribution in [0.25, 0.3) is 11.3 Å². The second-order valence-corrected chi connectivity index (χ2v) is 5.49. The molecule has 2 aromatic carbocycles. The highest BCUT2D eigenvalue weighted by atomic mass is 16.6. The molecule has 0 saturated heterocycles. The van der Waals surface area contributed by atoms with Gasteiger partial charge in [-0.1, -0.05) is 5.16 Å². The number of hydrogen-bond acceptors (Lipinski definition) is 9. The highest BCUT2D eigenvalue weighted by Gasteiger charge is 2.22. The van der Waals surface area contributed by atoms with Gasteiger partial charge < -0.3 is 24.2 Å². The van der Waals surface area contributed by atoms with Crippen LogP contribution in [-0.2, 0) is 4.74 Å². The summed E-state index contributed by atoms with van der Waals surface area (Å²) in [7, 11) is 0. The van der Waals surface area contributed by atoms with Gasteiger partial charge in [0.15, 0.2) is 11.5 Å². The van der Waals surface area contributed by atoms with Crippen molar-refractivity contribution >= 4 is 11.7 Å². The van der Waals surface area contributed by atoms with Gasteiger partial charge in [0.25, 0.3) is 5.69 Å². The third-order valence-corrected chi connectivity index (χ3v) is 3.58. The zero-order valence-corrected chi connectivity index (χ0v) is 14.5. The SMILES string of the molecule is CCOC(=O)c1cc(-c2c(O)cc(O)cc2Oc2ccc([N+](=O)[O-])cc2)on1. The van der Waals surface area contributed by atoms with Crippen molar-refractivity contribution in [3.63, 3.8) is 0 Å². The van der Waals surface area contributed by atoms with Crippen LogP contribution in [0.4, 0.5) is 5.69 Å². The van der Waals surface area contributed by atoms with E-state index in [1.54, 1.807) is 6.92 Å². The van der Waals surface area contributed by atoms with Crippen molar-refractivity contribution < 1.29 is 33.9 Å². The Morgan fingerprint density at radius 3 is 2.57 bits per heavy atom. The maximum absolute atomic E-state index is 11.8. The maximum atomic E-state index is 11.8. The standard InChI is InChI=1S/C18H14N2O8/c1-2-26-18(23)13-9-16(28-19-13)17-14(22)7-11(21)8-15(17)27-12-5-3-10(4-6-12)20(24)25/h3-9,21-22H,2H2,1H3. The number of phenols is 2. The zero-order chi connectivity index (χ0) is 20.3. The second-order valence-electron chi connectivity index (χ2n) is 5.49. The van der Waals surface area contributed by atoms with E-state index < -0.39 is 10.9 Å². The summed E-state index contributed by atoms with van der Waals surface area (Å²) in [5, 5.41) is 34.4. The fourth-order valence-electron chi connectivity index (χ4n) is 2.37. The van der Waals surface area contributed by atoms with Crippen LogP contribution in [0.1, 0.15) is 17.4 Å². The quantitative estimate of drug-likeness (QED) is 0.368. The van der Waals surface area contributed by atoms with Crippen molar-refractivity contribution in [2.24, 2.45) is 0 Å². The molecule has 0 aliphatic carbocycles. The Morgan fingerprint density at radius 1 is 1.21 bits per heavy atom. The highest BCUT2D eigenvalue weighted by Crippen LogP contribution is 2.43. The average molecular weight is 386 g/mol. The summed E-state index contributed by atoms with van der Waals surface area (Å²) in [6.45, 7) is 1.79. The van der Waals surface area contributed by atoms with Crippen molar-refractivity contribution in [2.75, 3.05) is 6.61 Å². The van der Waals surface area contributed by atoms with Crippen molar-refractivity contribution in [3.8, 4) is 34.3 Å². The number of ether oxygens (including phenoxy) is 2. The number of aromatic hydroxyl groups is 2. The van der Waals surface area contributed by atoms with Gasteiger partial charge in [-0.2, -0.15) is 0 Å². The van der Waals surface area contributed by atoms with Crippen molar-refractivity contribution in [3.05, 3.63) is 58.3 Å². The van der Waals surface area contributed by atoms with Gasteiger partial charge in [0.05, 0.1) is 11.5 Å². The third-order valence-electron chi connectivity index (χ3n) is 3.58. The number of nitro benzene ring substituents is 1. The first-order valence-corrected chi connectivity index (χ1v) is 8.01. The number of esters is 1. The van der Waals surface area contributed by atoms with E-state index in [1.165, 1.54) is 36.4 Å². The Hall–Kier alpha value is -4.08. The van der Waals surface area contributed by atoms with Gasteiger partial charge in [-0.05, 0) is 19.1 Å². The number of aromatic nitrogens is 1. The monoisotopic (exact) mass is 386 g/mol. The number of non-ortho nitro benzene ring substituents is 1. The summed E-state index contributed by atoms with van der Waals surface area (Å²) >= 11 is 0. The molecule has 1 heterocycles. The molecule has 28 heavy (non-hydrogen) atoms. The molecule has 1 aromatic heterocycles. The van der Waals surface area contributed by atoms with Gasteiger partial charge in [-0.3, -0.25) is 10.1 Å². The molecule has 10 heteroatoms. The highest BCUT2D eigenvalue weighted by molar-refractivity contribution is 5.89. The first-order valence-electron chi connectivity index (χ1n) is 8.01. The van der Waals surface area contributed by atoms with E-state index in [4.69, 9.17) is 14.0 Å². The smallest absolute Gasteiger partial charge is 0.360 e. The Labute approximate surface area is 157 Å². The Morgan fingerprint density at radius 2 is 1.93 bits per heavy atom. The molecular formula is C18H14N2O8. The largest absolute Gasteiger partial charge is 0.508 e. The minimum atomic E-state index is -0.700.